The summed E-state index contributed by atoms with van der Waals surface area (Å²) in [5.41, 5.74) is 1.28. The van der Waals surface area contributed by atoms with Crippen LogP contribution in [0.4, 0.5) is 5.69 Å². The van der Waals surface area contributed by atoms with Gasteiger partial charge in [0.25, 0.3) is 0 Å². The van der Waals surface area contributed by atoms with Gasteiger partial charge in [-0.05, 0) is 26.8 Å². The summed E-state index contributed by atoms with van der Waals surface area (Å²) < 4.78 is 5.11. The van der Waals surface area contributed by atoms with Gasteiger partial charge in [-0.1, -0.05) is 0 Å². The Morgan fingerprint density at radius 3 is 2.71 bits per heavy atom. The van der Waals surface area contributed by atoms with Gasteiger partial charge in [-0.3, -0.25) is 0 Å². The third-order valence-electron chi connectivity index (χ3n) is 2.47. The van der Waals surface area contributed by atoms with E-state index in [9.17, 15) is 0 Å². The fourth-order valence-corrected chi connectivity index (χ4v) is 1.48. The third kappa shape index (κ3) is 5.04. The van der Waals surface area contributed by atoms with E-state index in [1.165, 1.54) is 0 Å². The maximum atomic E-state index is 5.11. The number of likely N-dealkylation sites (N-methyl/N-ethyl adjacent to an activating group) is 1. The predicted octanol–water partition coefficient (Wildman–Crippen LogP) is 1.91. The summed E-state index contributed by atoms with van der Waals surface area (Å²) >= 11 is 0. The molecule has 1 N–H and O–H groups in total. The van der Waals surface area contributed by atoms with E-state index in [1.807, 2.05) is 12.1 Å². The Morgan fingerprint density at radius 1 is 1.41 bits per heavy atom. The monoisotopic (exact) mass is 237 g/mol. The van der Waals surface area contributed by atoms with Gasteiger partial charge in [-0.15, -0.1) is 0 Å². The first-order valence-corrected chi connectivity index (χ1v) is 5.88. The molecule has 0 saturated heterocycles. The van der Waals surface area contributed by atoms with Crippen molar-refractivity contribution in [1.82, 2.24) is 10.3 Å². The lowest BCUT2D eigenvalue weighted by molar-refractivity contribution is 0.398. The second-order valence-corrected chi connectivity index (χ2v) is 5.15. The van der Waals surface area contributed by atoms with Gasteiger partial charge in [0.05, 0.1) is 7.11 Å². The second kappa shape index (κ2) is 5.87. The van der Waals surface area contributed by atoms with E-state index in [2.05, 4.69) is 43.0 Å². The molecule has 0 atom stereocenters. The summed E-state index contributed by atoms with van der Waals surface area (Å²) in [6.07, 6.45) is 1.77. The highest BCUT2D eigenvalue weighted by Gasteiger charge is 2.09. The van der Waals surface area contributed by atoms with Crippen LogP contribution < -0.4 is 15.0 Å². The van der Waals surface area contributed by atoms with Crippen LogP contribution in [-0.4, -0.2) is 37.8 Å². The van der Waals surface area contributed by atoms with Gasteiger partial charge in [-0.2, -0.15) is 0 Å². The molecule has 4 nitrogen and oxygen atoms in total. The van der Waals surface area contributed by atoms with E-state index < -0.39 is 0 Å². The van der Waals surface area contributed by atoms with Gasteiger partial charge in [0.2, 0.25) is 5.88 Å². The van der Waals surface area contributed by atoms with Crippen LogP contribution in [0.1, 0.15) is 20.8 Å². The minimum absolute atomic E-state index is 0.163. The predicted molar refractivity (Wildman–Crippen MR) is 71.8 cm³/mol. The van der Waals surface area contributed by atoms with E-state index in [1.54, 1.807) is 13.3 Å². The smallest absolute Gasteiger partial charge is 0.214 e. The van der Waals surface area contributed by atoms with Gasteiger partial charge in [-0.25, -0.2) is 4.98 Å². The number of methoxy groups -OCH3 is 1. The quantitative estimate of drug-likeness (QED) is 0.849. The van der Waals surface area contributed by atoms with E-state index in [0.29, 0.717) is 5.88 Å². The molecule has 0 unspecified atom stereocenters. The lowest BCUT2D eigenvalue weighted by Crippen LogP contribution is -2.40. The lowest BCUT2D eigenvalue weighted by Gasteiger charge is -2.24. The molecule has 96 valence electrons. The van der Waals surface area contributed by atoms with Crippen molar-refractivity contribution in [1.29, 1.82) is 0 Å². The maximum Gasteiger partial charge on any atom is 0.214 e. The molecule has 1 heterocycles. The zero-order chi connectivity index (χ0) is 12.9. The Balaban J connectivity index is 2.49. The van der Waals surface area contributed by atoms with Gasteiger partial charge in [0.1, 0.15) is 0 Å². The zero-order valence-corrected chi connectivity index (χ0v) is 11.4. The molecule has 1 aromatic heterocycles. The summed E-state index contributed by atoms with van der Waals surface area (Å²) in [4.78, 5) is 6.28. The molecule has 0 aliphatic rings. The van der Waals surface area contributed by atoms with Crippen LogP contribution in [-0.2, 0) is 0 Å². The maximum absolute atomic E-state index is 5.11. The molecule has 0 radical (unpaired) electrons. The Hall–Kier alpha value is -1.29. The van der Waals surface area contributed by atoms with Crippen LogP contribution in [0, 0.1) is 0 Å². The number of anilines is 1. The number of aromatic nitrogens is 1. The standard InChI is InChI=1S/C13H23N3O/c1-13(2,3)15-8-9-16(4)11-6-7-14-12(10-11)17-5/h6-7,10,15H,8-9H2,1-5H3. The molecule has 1 rings (SSSR count). The van der Waals surface area contributed by atoms with Gasteiger partial charge >= 0.3 is 0 Å². The molecule has 0 spiro atoms. The Kier molecular flexibility index (Phi) is 4.75. The van der Waals surface area contributed by atoms with Crippen LogP contribution in [0.2, 0.25) is 0 Å². The highest BCUT2D eigenvalue weighted by atomic mass is 16.5. The van der Waals surface area contributed by atoms with Crippen molar-refractivity contribution in [2.24, 2.45) is 0 Å². The van der Waals surface area contributed by atoms with Crippen LogP contribution in [0.3, 0.4) is 0 Å². The van der Waals surface area contributed by atoms with E-state index in [-0.39, 0.29) is 5.54 Å². The first-order valence-electron chi connectivity index (χ1n) is 5.88. The van der Waals surface area contributed by atoms with Crippen LogP contribution in [0.25, 0.3) is 0 Å². The molecule has 0 fully saturated rings. The average molecular weight is 237 g/mol. The van der Waals surface area contributed by atoms with E-state index in [4.69, 9.17) is 4.74 Å². The largest absolute Gasteiger partial charge is 0.481 e. The summed E-state index contributed by atoms with van der Waals surface area (Å²) in [5.74, 6) is 0.651. The van der Waals surface area contributed by atoms with Crippen molar-refractivity contribution in [2.75, 3.05) is 32.1 Å². The third-order valence-corrected chi connectivity index (χ3v) is 2.47. The highest BCUT2D eigenvalue weighted by molar-refractivity contribution is 5.47. The van der Waals surface area contributed by atoms with Gasteiger partial charge < -0.3 is 15.0 Å². The van der Waals surface area contributed by atoms with Crippen molar-refractivity contribution in [3.63, 3.8) is 0 Å². The SMILES string of the molecule is COc1cc(N(C)CCNC(C)(C)C)ccn1. The van der Waals surface area contributed by atoms with Crippen molar-refractivity contribution in [2.45, 2.75) is 26.3 Å². The highest BCUT2D eigenvalue weighted by Crippen LogP contribution is 2.16. The van der Waals surface area contributed by atoms with E-state index >= 15 is 0 Å². The molecule has 4 heteroatoms. The second-order valence-electron chi connectivity index (χ2n) is 5.15. The molecule has 1 aromatic rings. The molecule has 0 amide bonds. The van der Waals surface area contributed by atoms with Crippen molar-refractivity contribution < 1.29 is 4.74 Å². The fraction of sp³-hybridized carbons (Fsp3) is 0.615. The minimum atomic E-state index is 0.163. The number of rotatable bonds is 5. The molecule has 0 aliphatic heterocycles. The number of nitrogens with one attached hydrogen (secondary N) is 1. The molecule has 0 aromatic carbocycles. The Labute approximate surface area is 104 Å². The van der Waals surface area contributed by atoms with Gasteiger partial charge in [0, 0.05) is 43.6 Å². The normalized spacial score (nSPS) is 11.4. The van der Waals surface area contributed by atoms with Crippen molar-refractivity contribution >= 4 is 5.69 Å². The number of nitrogens with zero attached hydrogens (tertiary/aromatic N) is 2. The zero-order valence-electron chi connectivity index (χ0n) is 11.4. The number of hydrogen-bond donors (Lipinski definition) is 1. The molecule has 17 heavy (non-hydrogen) atoms. The summed E-state index contributed by atoms with van der Waals surface area (Å²) in [6.45, 7) is 8.41. The summed E-state index contributed by atoms with van der Waals surface area (Å²) in [5, 5.41) is 3.46. The summed E-state index contributed by atoms with van der Waals surface area (Å²) in [6, 6.07) is 3.93. The molecule has 0 bridgehead atoms. The minimum Gasteiger partial charge on any atom is -0.481 e. The van der Waals surface area contributed by atoms with Crippen molar-refractivity contribution in [3.05, 3.63) is 18.3 Å². The van der Waals surface area contributed by atoms with Crippen LogP contribution in [0.15, 0.2) is 18.3 Å². The number of pyridine rings is 1. The molecule has 0 aliphatic carbocycles. The average Bonchev–Trinajstić information content (AvgIpc) is 2.27. The first-order chi connectivity index (χ1) is 7.92. The van der Waals surface area contributed by atoms with E-state index in [0.717, 1.165) is 18.8 Å². The molecular formula is C13H23N3O. The van der Waals surface area contributed by atoms with Gasteiger partial charge in [0.15, 0.2) is 0 Å². The van der Waals surface area contributed by atoms with Crippen LogP contribution in [0.5, 0.6) is 5.88 Å². The summed E-state index contributed by atoms with van der Waals surface area (Å²) in [7, 11) is 3.70. The Morgan fingerprint density at radius 2 is 2.12 bits per heavy atom. The topological polar surface area (TPSA) is 37.4 Å². The number of ether oxygens (including phenoxy) is 1. The van der Waals surface area contributed by atoms with Crippen LogP contribution >= 0.6 is 0 Å². The molecular weight excluding hydrogens is 214 g/mol. The molecule has 0 saturated carbocycles. The number of hydrogen-bond acceptors (Lipinski definition) is 4. The first kappa shape index (κ1) is 13.8. The lowest BCUT2D eigenvalue weighted by atomic mass is 10.1. The fourth-order valence-electron chi connectivity index (χ4n) is 1.48. The Bertz CT molecular complexity index is 347. The van der Waals surface area contributed by atoms with Crippen molar-refractivity contribution in [3.8, 4) is 5.88 Å².